The first-order valence-electron chi connectivity index (χ1n) is 20.0. The largest absolute Gasteiger partial charge is 0.358 e. The molecule has 0 bridgehead atoms. The zero-order chi connectivity index (χ0) is 39.7. The van der Waals surface area contributed by atoms with E-state index in [1.165, 1.54) is 22.3 Å². The van der Waals surface area contributed by atoms with Gasteiger partial charge in [0.05, 0.1) is 0 Å². The van der Waals surface area contributed by atoms with Crippen LogP contribution in [0, 0.1) is 0 Å². The molecule has 1 aliphatic heterocycles. The first-order valence-corrected chi connectivity index (χ1v) is 20.0. The minimum atomic E-state index is -0.674. The van der Waals surface area contributed by atoms with E-state index in [9.17, 15) is 0 Å². The van der Waals surface area contributed by atoms with Crippen molar-refractivity contribution in [1.82, 2.24) is 29.7 Å². The van der Waals surface area contributed by atoms with Crippen LogP contribution in [0.5, 0.6) is 0 Å². The molecule has 0 radical (unpaired) electrons. The van der Waals surface area contributed by atoms with E-state index in [4.69, 9.17) is 25.1 Å². The predicted molar refractivity (Wildman–Crippen MR) is 236 cm³/mol. The smallest absolute Gasteiger partial charge is 0.168 e. The molecule has 3 heterocycles. The minimum Gasteiger partial charge on any atom is -0.358 e. The summed E-state index contributed by atoms with van der Waals surface area (Å²) in [6, 6.07) is 61.2. The normalized spacial score (nSPS) is 15.7. The van der Waals surface area contributed by atoms with Crippen molar-refractivity contribution >= 4 is 5.69 Å². The molecule has 2 aliphatic rings. The second-order valence-electron chi connectivity index (χ2n) is 16.0. The summed E-state index contributed by atoms with van der Waals surface area (Å²) >= 11 is 0. The van der Waals surface area contributed by atoms with Gasteiger partial charge in [-0.25, -0.2) is 15.0 Å². The quantitative estimate of drug-likeness (QED) is 0.182. The molecular weight excluding hydrogens is 723 g/mol. The van der Waals surface area contributed by atoms with Gasteiger partial charge in [0, 0.05) is 38.9 Å². The highest BCUT2D eigenvalue weighted by Crippen LogP contribution is 2.51. The van der Waals surface area contributed by atoms with E-state index >= 15 is 0 Å². The molecule has 11 rings (SSSR count). The lowest BCUT2D eigenvalue weighted by Gasteiger charge is -2.40. The van der Waals surface area contributed by atoms with Gasteiger partial charge in [-0.2, -0.15) is 0 Å². The number of aromatic nitrogens is 6. The second kappa shape index (κ2) is 13.3. The van der Waals surface area contributed by atoms with Crippen molar-refractivity contribution in [3.05, 3.63) is 193 Å². The summed E-state index contributed by atoms with van der Waals surface area (Å²) in [5.74, 6) is 3.55. The lowest BCUT2D eigenvalue weighted by atomic mass is 9.81. The lowest BCUT2D eigenvalue weighted by molar-refractivity contribution is 0.452. The summed E-state index contributed by atoms with van der Waals surface area (Å²) in [5, 5.41) is 13.7. The number of fused-ring (bicyclic) bond motifs is 6. The first kappa shape index (κ1) is 34.7. The van der Waals surface area contributed by atoms with Crippen LogP contribution in [0.4, 0.5) is 5.69 Å². The van der Waals surface area contributed by atoms with Crippen LogP contribution < -0.4 is 5.32 Å². The third-order valence-corrected chi connectivity index (χ3v) is 12.1. The highest BCUT2D eigenvalue weighted by atomic mass is 15.4. The molecule has 282 valence electrons. The average molecular weight is 762 g/mol. The number of benzene rings is 7. The van der Waals surface area contributed by atoms with E-state index in [0.717, 1.165) is 61.8 Å². The van der Waals surface area contributed by atoms with E-state index in [1.54, 1.807) is 0 Å². The van der Waals surface area contributed by atoms with E-state index in [0.29, 0.717) is 17.5 Å². The molecular formula is C52H39N7. The van der Waals surface area contributed by atoms with Crippen LogP contribution in [0.25, 0.3) is 79.2 Å². The van der Waals surface area contributed by atoms with Crippen molar-refractivity contribution in [1.29, 1.82) is 0 Å². The summed E-state index contributed by atoms with van der Waals surface area (Å²) in [4.78, 5) is 14.7. The number of nitrogens with zero attached hydrogens (tertiary/aromatic N) is 6. The monoisotopic (exact) mass is 761 g/mol. The molecule has 0 saturated carbocycles. The minimum absolute atomic E-state index is 0.126. The van der Waals surface area contributed by atoms with E-state index in [2.05, 4.69) is 146 Å². The fourth-order valence-electron chi connectivity index (χ4n) is 8.94. The van der Waals surface area contributed by atoms with Crippen LogP contribution in [0.2, 0.25) is 0 Å². The third kappa shape index (κ3) is 5.61. The van der Waals surface area contributed by atoms with E-state index in [1.807, 2.05) is 60.7 Å². The number of anilines is 1. The SMILES string of the molecule is CC1(C)c2ccccc2-c2ccc(C3(C)Nc4ccccc4-c4nnc(-c5ccc(-c6ccc(-c7nc(-c8ccccc8)nc(-c8ccccc8)n7)cc6)cc5)n43)cc21. The molecule has 0 saturated heterocycles. The second-order valence-corrected chi connectivity index (χ2v) is 16.0. The van der Waals surface area contributed by atoms with Gasteiger partial charge in [0.1, 0.15) is 5.66 Å². The van der Waals surface area contributed by atoms with E-state index < -0.39 is 5.66 Å². The highest BCUT2D eigenvalue weighted by Gasteiger charge is 2.42. The molecule has 1 unspecified atom stereocenters. The van der Waals surface area contributed by atoms with Crippen molar-refractivity contribution < 1.29 is 0 Å². The summed E-state index contributed by atoms with van der Waals surface area (Å²) in [7, 11) is 0. The molecule has 1 atom stereocenters. The van der Waals surface area contributed by atoms with E-state index in [-0.39, 0.29) is 5.41 Å². The van der Waals surface area contributed by atoms with Crippen LogP contribution in [0.3, 0.4) is 0 Å². The van der Waals surface area contributed by atoms with Crippen LogP contribution in [-0.4, -0.2) is 29.7 Å². The van der Waals surface area contributed by atoms with Crippen molar-refractivity contribution in [2.24, 2.45) is 0 Å². The Morgan fingerprint density at radius 3 is 1.51 bits per heavy atom. The topological polar surface area (TPSA) is 81.4 Å². The molecule has 0 fully saturated rings. The van der Waals surface area contributed by atoms with Gasteiger partial charge in [-0.1, -0.05) is 178 Å². The molecule has 1 aliphatic carbocycles. The Balaban J connectivity index is 0.945. The Bertz CT molecular complexity index is 2990. The van der Waals surface area contributed by atoms with Gasteiger partial charge in [0.15, 0.2) is 29.1 Å². The van der Waals surface area contributed by atoms with Crippen molar-refractivity contribution in [3.63, 3.8) is 0 Å². The molecule has 1 N–H and O–H groups in total. The third-order valence-electron chi connectivity index (χ3n) is 12.1. The first-order chi connectivity index (χ1) is 28.8. The molecule has 59 heavy (non-hydrogen) atoms. The Labute approximate surface area is 343 Å². The fourth-order valence-corrected chi connectivity index (χ4v) is 8.94. The lowest BCUT2D eigenvalue weighted by Crippen LogP contribution is -2.43. The maximum Gasteiger partial charge on any atom is 0.168 e. The van der Waals surface area contributed by atoms with Gasteiger partial charge in [0.25, 0.3) is 0 Å². The van der Waals surface area contributed by atoms with Gasteiger partial charge in [-0.15, -0.1) is 10.2 Å². The summed E-state index contributed by atoms with van der Waals surface area (Å²) in [5.41, 5.74) is 13.7. The van der Waals surface area contributed by atoms with Gasteiger partial charge < -0.3 is 5.32 Å². The molecule has 0 amide bonds. The highest BCUT2D eigenvalue weighted by molar-refractivity contribution is 5.83. The van der Waals surface area contributed by atoms with Crippen LogP contribution in [0.1, 0.15) is 37.5 Å². The summed E-state index contributed by atoms with van der Waals surface area (Å²) in [6.07, 6.45) is 0. The Morgan fingerprint density at radius 2 is 0.881 bits per heavy atom. The number of rotatable bonds is 6. The molecule has 0 spiro atoms. The van der Waals surface area contributed by atoms with Gasteiger partial charge in [0.2, 0.25) is 0 Å². The van der Waals surface area contributed by atoms with Crippen LogP contribution >= 0.6 is 0 Å². The van der Waals surface area contributed by atoms with Crippen molar-refractivity contribution in [3.8, 4) is 79.2 Å². The molecule has 2 aromatic heterocycles. The molecule has 7 aromatic carbocycles. The fraction of sp³-hybridized carbons (Fsp3) is 0.0962. The zero-order valence-corrected chi connectivity index (χ0v) is 32.9. The van der Waals surface area contributed by atoms with Crippen LogP contribution in [0.15, 0.2) is 176 Å². The van der Waals surface area contributed by atoms with Crippen molar-refractivity contribution in [2.45, 2.75) is 31.8 Å². The average Bonchev–Trinajstić information content (AvgIpc) is 3.85. The van der Waals surface area contributed by atoms with Gasteiger partial charge in [-0.3, -0.25) is 4.57 Å². The predicted octanol–water partition coefficient (Wildman–Crippen LogP) is 11.9. The van der Waals surface area contributed by atoms with Crippen LogP contribution in [-0.2, 0) is 11.1 Å². The number of hydrogen-bond donors (Lipinski definition) is 1. The maximum absolute atomic E-state index is 4.92. The summed E-state index contributed by atoms with van der Waals surface area (Å²) < 4.78 is 2.28. The zero-order valence-electron chi connectivity index (χ0n) is 32.9. The number of nitrogens with one attached hydrogen (secondary N) is 1. The molecule has 9 aromatic rings. The van der Waals surface area contributed by atoms with Gasteiger partial charge in [-0.05, 0) is 58.0 Å². The Hall–Kier alpha value is -7.51. The van der Waals surface area contributed by atoms with Gasteiger partial charge >= 0.3 is 0 Å². The number of hydrogen-bond acceptors (Lipinski definition) is 6. The molecule has 7 heteroatoms. The number of para-hydroxylation sites is 1. The maximum atomic E-state index is 4.92. The summed E-state index contributed by atoms with van der Waals surface area (Å²) in [6.45, 7) is 6.90. The Kier molecular flexibility index (Phi) is 7.82. The Morgan fingerprint density at radius 1 is 0.407 bits per heavy atom. The standard InChI is InChI=1S/C52H39N7/c1-51(2)43-20-12-10-18-40(43)41-31-30-39(32-44(41)51)52(3)56-45-21-13-11-19-42(45)50-58-57-49(59(50)52)38-28-24-34(25-29-38)33-22-26-37(27-23-33)48-54-46(35-14-6-4-7-15-35)53-47(55-48)36-16-8-5-9-17-36/h4-32,56H,1-3H3. The van der Waals surface area contributed by atoms with Crippen molar-refractivity contribution in [2.75, 3.05) is 5.32 Å². The molecule has 7 nitrogen and oxygen atoms in total.